The van der Waals surface area contributed by atoms with Crippen LogP contribution < -0.4 is 5.32 Å². The van der Waals surface area contributed by atoms with Crippen molar-refractivity contribution in [3.8, 4) is 0 Å². The molecule has 5 nitrogen and oxygen atoms in total. The Morgan fingerprint density at radius 1 is 1.45 bits per heavy atom. The van der Waals surface area contributed by atoms with Gasteiger partial charge in [-0.15, -0.1) is 0 Å². The predicted molar refractivity (Wildman–Crippen MR) is 79.4 cm³/mol. The summed E-state index contributed by atoms with van der Waals surface area (Å²) in [7, 11) is -1.00. The van der Waals surface area contributed by atoms with E-state index in [9.17, 15) is 8.42 Å². The van der Waals surface area contributed by atoms with Crippen LogP contribution >= 0.6 is 0 Å². The molecule has 1 aromatic rings. The molecule has 6 heteroatoms. The van der Waals surface area contributed by atoms with Crippen molar-refractivity contribution in [3.63, 3.8) is 0 Å². The van der Waals surface area contributed by atoms with Crippen molar-refractivity contribution in [1.82, 2.24) is 10.2 Å². The summed E-state index contributed by atoms with van der Waals surface area (Å²) in [6, 6.07) is 2.71. The van der Waals surface area contributed by atoms with Gasteiger partial charge in [0.25, 0.3) is 0 Å². The highest BCUT2D eigenvalue weighted by molar-refractivity contribution is 7.90. The number of furan rings is 1. The van der Waals surface area contributed by atoms with Crippen LogP contribution in [-0.4, -0.2) is 45.0 Å². The van der Waals surface area contributed by atoms with Crippen molar-refractivity contribution in [2.24, 2.45) is 0 Å². The molecule has 1 aliphatic rings. The zero-order valence-electron chi connectivity index (χ0n) is 12.5. The van der Waals surface area contributed by atoms with E-state index in [1.54, 1.807) is 0 Å². The van der Waals surface area contributed by atoms with Crippen LogP contribution in [0.1, 0.15) is 29.9 Å². The van der Waals surface area contributed by atoms with Crippen LogP contribution in [-0.2, 0) is 22.9 Å². The maximum absolute atomic E-state index is 11.1. The van der Waals surface area contributed by atoms with Crippen LogP contribution in [0.15, 0.2) is 10.5 Å². The average molecular weight is 300 g/mol. The Hall–Kier alpha value is -0.850. The Labute approximate surface area is 121 Å². The molecule has 2 rings (SSSR count). The van der Waals surface area contributed by atoms with Crippen molar-refractivity contribution >= 4 is 9.84 Å². The molecule has 0 aromatic carbocycles. The maximum Gasteiger partial charge on any atom is 0.148 e. The van der Waals surface area contributed by atoms with Crippen LogP contribution in [0, 0.1) is 6.92 Å². The van der Waals surface area contributed by atoms with Gasteiger partial charge in [-0.3, -0.25) is 4.90 Å². The molecule has 0 bridgehead atoms. The van der Waals surface area contributed by atoms with Crippen LogP contribution in [0.4, 0.5) is 0 Å². The van der Waals surface area contributed by atoms with Gasteiger partial charge in [0.1, 0.15) is 21.4 Å². The molecular formula is C14H24N2O3S. The molecule has 0 unspecified atom stereocenters. The van der Waals surface area contributed by atoms with Crippen molar-refractivity contribution < 1.29 is 12.8 Å². The average Bonchev–Trinajstić information content (AvgIpc) is 3.09. The predicted octanol–water partition coefficient (Wildman–Crippen LogP) is 1.32. The second-order valence-electron chi connectivity index (χ2n) is 5.84. The quantitative estimate of drug-likeness (QED) is 0.784. The second-order valence-corrected chi connectivity index (χ2v) is 8.10. The number of nitrogens with zero attached hydrogens (tertiary/aromatic N) is 1. The SMILES string of the molecule is Cc1cc(CN(C)CCS(C)(=O)=O)oc1CNC1CC1. The van der Waals surface area contributed by atoms with Gasteiger partial charge < -0.3 is 9.73 Å². The van der Waals surface area contributed by atoms with Crippen molar-refractivity contribution in [2.75, 3.05) is 25.6 Å². The molecule has 114 valence electrons. The Morgan fingerprint density at radius 3 is 2.75 bits per heavy atom. The number of hydrogen-bond acceptors (Lipinski definition) is 5. The third kappa shape index (κ3) is 5.26. The fourth-order valence-corrected chi connectivity index (χ4v) is 2.68. The number of hydrogen-bond donors (Lipinski definition) is 1. The van der Waals surface area contributed by atoms with Crippen molar-refractivity contribution in [3.05, 3.63) is 23.2 Å². The molecule has 0 saturated heterocycles. The summed E-state index contributed by atoms with van der Waals surface area (Å²) in [5, 5.41) is 3.44. The van der Waals surface area contributed by atoms with Crippen LogP contribution in [0.25, 0.3) is 0 Å². The van der Waals surface area contributed by atoms with E-state index >= 15 is 0 Å². The summed E-state index contributed by atoms with van der Waals surface area (Å²) in [6.07, 6.45) is 3.79. The number of sulfone groups is 1. The standard InChI is InChI=1S/C14H24N2O3S/c1-11-8-13(10-16(2)6-7-20(3,17)18)19-14(11)9-15-12-4-5-12/h8,12,15H,4-7,9-10H2,1-3H3. The highest BCUT2D eigenvalue weighted by Gasteiger charge is 2.21. The lowest BCUT2D eigenvalue weighted by molar-refractivity contribution is 0.303. The lowest BCUT2D eigenvalue weighted by atomic mass is 10.2. The minimum Gasteiger partial charge on any atom is -0.463 e. The Kier molecular flexibility index (Phi) is 4.88. The summed E-state index contributed by atoms with van der Waals surface area (Å²) in [5.74, 6) is 2.06. The minimum atomic E-state index is -2.91. The summed E-state index contributed by atoms with van der Waals surface area (Å²) in [6.45, 7) is 3.99. The molecule has 0 spiro atoms. The number of aryl methyl sites for hydroxylation is 1. The Bertz CT molecular complexity index is 547. The van der Waals surface area contributed by atoms with Crippen molar-refractivity contribution in [1.29, 1.82) is 0 Å². The van der Waals surface area contributed by atoms with E-state index in [4.69, 9.17) is 4.42 Å². The molecule has 0 aliphatic heterocycles. The van der Waals surface area contributed by atoms with Gasteiger partial charge in [0, 0.05) is 18.8 Å². The molecule has 1 aromatic heterocycles. The highest BCUT2D eigenvalue weighted by atomic mass is 32.2. The van der Waals surface area contributed by atoms with E-state index < -0.39 is 9.84 Å². The molecule has 1 aliphatic carbocycles. The highest BCUT2D eigenvalue weighted by Crippen LogP contribution is 2.21. The van der Waals surface area contributed by atoms with Crippen LogP contribution in [0.2, 0.25) is 0 Å². The second kappa shape index (κ2) is 6.28. The summed E-state index contributed by atoms with van der Waals surface area (Å²) in [5.41, 5.74) is 1.16. The summed E-state index contributed by atoms with van der Waals surface area (Å²) >= 11 is 0. The molecular weight excluding hydrogens is 276 g/mol. The fourth-order valence-electron chi connectivity index (χ4n) is 2.03. The van der Waals surface area contributed by atoms with E-state index in [0.29, 0.717) is 19.1 Å². The van der Waals surface area contributed by atoms with E-state index in [0.717, 1.165) is 23.6 Å². The van der Waals surface area contributed by atoms with Gasteiger partial charge >= 0.3 is 0 Å². The molecule has 0 radical (unpaired) electrons. The molecule has 1 N–H and O–H groups in total. The van der Waals surface area contributed by atoms with Gasteiger partial charge in [-0.05, 0) is 38.4 Å². The van der Waals surface area contributed by atoms with Gasteiger partial charge in [-0.2, -0.15) is 0 Å². The van der Waals surface area contributed by atoms with E-state index in [-0.39, 0.29) is 5.75 Å². The zero-order chi connectivity index (χ0) is 14.8. The zero-order valence-corrected chi connectivity index (χ0v) is 13.3. The minimum absolute atomic E-state index is 0.180. The van der Waals surface area contributed by atoms with Gasteiger partial charge in [0.2, 0.25) is 0 Å². The molecule has 1 fully saturated rings. The third-order valence-electron chi connectivity index (χ3n) is 3.47. The van der Waals surface area contributed by atoms with Gasteiger partial charge in [0.05, 0.1) is 18.8 Å². The fraction of sp³-hybridized carbons (Fsp3) is 0.714. The van der Waals surface area contributed by atoms with E-state index in [1.807, 2.05) is 24.9 Å². The van der Waals surface area contributed by atoms with E-state index in [2.05, 4.69) is 5.32 Å². The summed E-state index contributed by atoms with van der Waals surface area (Å²) < 4.78 is 28.1. The molecule has 1 saturated carbocycles. The first kappa shape index (κ1) is 15.5. The molecule has 20 heavy (non-hydrogen) atoms. The first-order valence-electron chi connectivity index (χ1n) is 7.01. The molecule has 1 heterocycles. The van der Waals surface area contributed by atoms with Crippen LogP contribution in [0.3, 0.4) is 0 Å². The van der Waals surface area contributed by atoms with Gasteiger partial charge in [-0.1, -0.05) is 0 Å². The maximum atomic E-state index is 11.1. The molecule has 0 amide bonds. The Balaban J connectivity index is 1.83. The first-order chi connectivity index (χ1) is 9.33. The first-order valence-corrected chi connectivity index (χ1v) is 9.07. The lowest BCUT2D eigenvalue weighted by Gasteiger charge is -2.14. The van der Waals surface area contributed by atoms with Crippen molar-refractivity contribution in [2.45, 2.75) is 38.9 Å². The largest absolute Gasteiger partial charge is 0.463 e. The number of nitrogens with one attached hydrogen (secondary N) is 1. The third-order valence-corrected chi connectivity index (χ3v) is 4.39. The number of rotatable bonds is 8. The summed E-state index contributed by atoms with van der Waals surface area (Å²) in [4.78, 5) is 1.97. The Morgan fingerprint density at radius 2 is 2.15 bits per heavy atom. The topological polar surface area (TPSA) is 62.6 Å². The monoisotopic (exact) mass is 300 g/mol. The van der Waals surface area contributed by atoms with E-state index in [1.165, 1.54) is 19.1 Å². The smallest absolute Gasteiger partial charge is 0.148 e. The lowest BCUT2D eigenvalue weighted by Crippen LogP contribution is -2.24. The van der Waals surface area contributed by atoms with Crippen LogP contribution in [0.5, 0.6) is 0 Å². The normalized spacial score (nSPS) is 16.0. The van der Waals surface area contributed by atoms with Gasteiger partial charge in [0.15, 0.2) is 0 Å². The molecule has 0 atom stereocenters. The van der Waals surface area contributed by atoms with Gasteiger partial charge in [-0.25, -0.2) is 8.42 Å².